The third-order valence-corrected chi connectivity index (χ3v) is 3.40. The molecular weight excluding hydrogens is 259 g/mol. The van der Waals surface area contributed by atoms with Crippen LogP contribution in [0.1, 0.15) is 19.4 Å². The highest BCUT2D eigenvalue weighted by Gasteiger charge is 2.17. The van der Waals surface area contributed by atoms with Gasteiger partial charge in [0.25, 0.3) is 0 Å². The molecule has 1 rings (SSSR count). The van der Waals surface area contributed by atoms with E-state index in [1.54, 1.807) is 29.0 Å². The van der Waals surface area contributed by atoms with Gasteiger partial charge in [-0.15, -0.1) is 0 Å². The van der Waals surface area contributed by atoms with Crippen molar-refractivity contribution in [3.8, 4) is 0 Å². The lowest BCUT2D eigenvalue weighted by Crippen LogP contribution is -2.42. The van der Waals surface area contributed by atoms with Crippen molar-refractivity contribution >= 4 is 5.91 Å². The Labute approximate surface area is 119 Å². The van der Waals surface area contributed by atoms with Crippen LogP contribution in [-0.4, -0.2) is 53.6 Å². The van der Waals surface area contributed by atoms with Crippen molar-refractivity contribution in [2.45, 2.75) is 26.4 Å². The van der Waals surface area contributed by atoms with Crippen LogP contribution in [0.4, 0.5) is 4.39 Å². The summed E-state index contributed by atoms with van der Waals surface area (Å²) in [6, 6.07) is 6.21. The minimum Gasteiger partial charge on any atom is -0.395 e. The summed E-state index contributed by atoms with van der Waals surface area (Å²) in [6.07, 6.45) is 0. The number of likely N-dealkylation sites (N-methyl/N-ethyl adjacent to an activating group) is 2. The first-order valence-corrected chi connectivity index (χ1v) is 6.81. The van der Waals surface area contributed by atoms with Gasteiger partial charge in [0, 0.05) is 19.1 Å². The van der Waals surface area contributed by atoms with Crippen LogP contribution in [0.5, 0.6) is 0 Å². The molecule has 1 N–H and O–H groups in total. The third-order valence-electron chi connectivity index (χ3n) is 3.40. The molecule has 0 radical (unpaired) electrons. The lowest BCUT2D eigenvalue weighted by atomic mass is 10.2. The molecule has 0 aliphatic carbocycles. The van der Waals surface area contributed by atoms with Crippen LogP contribution >= 0.6 is 0 Å². The largest absolute Gasteiger partial charge is 0.395 e. The summed E-state index contributed by atoms with van der Waals surface area (Å²) in [5.41, 5.74) is 0.776. The number of rotatable bonds is 7. The fourth-order valence-corrected chi connectivity index (χ4v) is 1.84. The quantitative estimate of drug-likeness (QED) is 0.824. The summed E-state index contributed by atoms with van der Waals surface area (Å²) in [4.78, 5) is 15.7. The van der Waals surface area contributed by atoms with Crippen molar-refractivity contribution in [2.24, 2.45) is 0 Å². The first-order valence-electron chi connectivity index (χ1n) is 6.81. The molecule has 0 aliphatic heterocycles. The zero-order chi connectivity index (χ0) is 15.1. The van der Waals surface area contributed by atoms with Crippen molar-refractivity contribution in [3.05, 3.63) is 35.6 Å². The second kappa shape index (κ2) is 7.97. The number of carbonyl (C=O) groups is 1. The molecule has 1 aromatic carbocycles. The van der Waals surface area contributed by atoms with Gasteiger partial charge in [-0.2, -0.15) is 0 Å². The number of carbonyl (C=O) groups excluding carboxylic acids is 1. The van der Waals surface area contributed by atoms with E-state index in [0.717, 1.165) is 5.56 Å². The summed E-state index contributed by atoms with van der Waals surface area (Å²) in [6.45, 7) is 4.97. The Balaban J connectivity index is 2.64. The van der Waals surface area contributed by atoms with E-state index in [2.05, 4.69) is 0 Å². The Morgan fingerprint density at radius 1 is 1.45 bits per heavy atom. The fraction of sp³-hybridized carbons (Fsp3) is 0.533. The van der Waals surface area contributed by atoms with Gasteiger partial charge in [0.1, 0.15) is 5.82 Å². The van der Waals surface area contributed by atoms with Crippen LogP contribution in [0, 0.1) is 5.82 Å². The van der Waals surface area contributed by atoms with Gasteiger partial charge in [0.2, 0.25) is 5.91 Å². The lowest BCUT2D eigenvalue weighted by Gasteiger charge is -2.27. The fourth-order valence-electron chi connectivity index (χ4n) is 1.84. The molecule has 0 bridgehead atoms. The highest BCUT2D eigenvalue weighted by Crippen LogP contribution is 2.08. The van der Waals surface area contributed by atoms with Crippen LogP contribution in [-0.2, 0) is 11.3 Å². The van der Waals surface area contributed by atoms with E-state index < -0.39 is 0 Å². The molecular formula is C15H23FN2O2. The van der Waals surface area contributed by atoms with E-state index in [-0.39, 0.29) is 30.9 Å². The molecule has 0 spiro atoms. The van der Waals surface area contributed by atoms with Gasteiger partial charge in [0.05, 0.1) is 13.2 Å². The van der Waals surface area contributed by atoms with Crippen molar-refractivity contribution in [1.29, 1.82) is 0 Å². The van der Waals surface area contributed by atoms with Gasteiger partial charge < -0.3 is 10.0 Å². The second-order valence-electron chi connectivity index (χ2n) is 4.98. The van der Waals surface area contributed by atoms with Gasteiger partial charge in [-0.1, -0.05) is 12.1 Å². The van der Waals surface area contributed by atoms with Gasteiger partial charge >= 0.3 is 0 Å². The number of hydrogen-bond donors (Lipinski definition) is 1. The Morgan fingerprint density at radius 3 is 2.70 bits per heavy atom. The Hall–Kier alpha value is -1.46. The number of aliphatic hydroxyl groups excluding tert-OH is 1. The second-order valence-corrected chi connectivity index (χ2v) is 4.98. The summed E-state index contributed by atoms with van der Waals surface area (Å²) < 4.78 is 13.1. The molecule has 0 fully saturated rings. The summed E-state index contributed by atoms with van der Waals surface area (Å²) >= 11 is 0. The highest BCUT2D eigenvalue weighted by atomic mass is 19.1. The standard InChI is InChI=1S/C15H23FN2O2/c1-4-18(9-13-6-5-7-14(16)8-13)15(20)10-17(3)12(2)11-19/h5-8,12,19H,4,9-11H2,1-3H3. The third kappa shape index (κ3) is 4.90. The van der Waals surface area contributed by atoms with E-state index in [4.69, 9.17) is 5.11 Å². The van der Waals surface area contributed by atoms with E-state index in [0.29, 0.717) is 13.1 Å². The molecule has 1 unspecified atom stereocenters. The summed E-state index contributed by atoms with van der Waals surface area (Å²) in [5, 5.41) is 9.07. The van der Waals surface area contributed by atoms with Gasteiger partial charge in [-0.25, -0.2) is 4.39 Å². The van der Waals surface area contributed by atoms with Crippen LogP contribution in [0.15, 0.2) is 24.3 Å². The van der Waals surface area contributed by atoms with E-state index in [9.17, 15) is 9.18 Å². The average Bonchev–Trinajstić information content (AvgIpc) is 2.43. The smallest absolute Gasteiger partial charge is 0.237 e. The highest BCUT2D eigenvalue weighted by molar-refractivity contribution is 5.78. The maximum atomic E-state index is 13.1. The molecule has 0 saturated heterocycles. The van der Waals surface area contributed by atoms with Crippen LogP contribution in [0.25, 0.3) is 0 Å². The van der Waals surface area contributed by atoms with E-state index >= 15 is 0 Å². The summed E-state index contributed by atoms with van der Waals surface area (Å²) in [7, 11) is 1.80. The molecule has 0 aliphatic rings. The zero-order valence-corrected chi connectivity index (χ0v) is 12.3. The first-order chi connectivity index (χ1) is 9.47. The minimum atomic E-state index is -0.294. The number of halogens is 1. The molecule has 1 aromatic rings. The number of amides is 1. The van der Waals surface area contributed by atoms with Gasteiger partial charge in [0.15, 0.2) is 0 Å². The maximum Gasteiger partial charge on any atom is 0.237 e. The molecule has 1 amide bonds. The number of benzene rings is 1. The zero-order valence-electron chi connectivity index (χ0n) is 12.3. The molecule has 112 valence electrons. The predicted molar refractivity (Wildman–Crippen MR) is 76.7 cm³/mol. The van der Waals surface area contributed by atoms with Gasteiger partial charge in [-0.3, -0.25) is 9.69 Å². The molecule has 5 heteroatoms. The molecule has 4 nitrogen and oxygen atoms in total. The van der Waals surface area contributed by atoms with Crippen molar-refractivity contribution in [1.82, 2.24) is 9.80 Å². The number of nitrogens with zero attached hydrogens (tertiary/aromatic N) is 2. The Morgan fingerprint density at radius 2 is 2.15 bits per heavy atom. The van der Waals surface area contributed by atoms with Crippen molar-refractivity contribution in [3.63, 3.8) is 0 Å². The van der Waals surface area contributed by atoms with Crippen LogP contribution in [0.3, 0.4) is 0 Å². The first kappa shape index (κ1) is 16.6. The topological polar surface area (TPSA) is 43.8 Å². The molecule has 0 heterocycles. The van der Waals surface area contributed by atoms with E-state index in [1.165, 1.54) is 12.1 Å². The normalized spacial score (nSPS) is 12.5. The Bertz CT molecular complexity index is 440. The average molecular weight is 282 g/mol. The van der Waals surface area contributed by atoms with Crippen molar-refractivity contribution in [2.75, 3.05) is 26.7 Å². The van der Waals surface area contributed by atoms with Gasteiger partial charge in [-0.05, 0) is 38.6 Å². The minimum absolute atomic E-state index is 0.0137. The number of aliphatic hydroxyl groups is 1. The SMILES string of the molecule is CCN(Cc1cccc(F)c1)C(=O)CN(C)C(C)CO. The van der Waals surface area contributed by atoms with Crippen LogP contribution < -0.4 is 0 Å². The molecule has 1 atom stereocenters. The van der Waals surface area contributed by atoms with E-state index in [1.807, 2.05) is 13.8 Å². The molecule has 20 heavy (non-hydrogen) atoms. The molecule has 0 saturated carbocycles. The maximum absolute atomic E-state index is 13.1. The van der Waals surface area contributed by atoms with Crippen LogP contribution in [0.2, 0.25) is 0 Å². The summed E-state index contributed by atoms with van der Waals surface area (Å²) in [5.74, 6) is -0.323. The predicted octanol–water partition coefficient (Wildman–Crippen LogP) is 1.49. The van der Waals surface area contributed by atoms with Crippen molar-refractivity contribution < 1.29 is 14.3 Å². The molecule has 0 aromatic heterocycles. The lowest BCUT2D eigenvalue weighted by molar-refractivity contribution is -0.133. The number of hydrogen-bond acceptors (Lipinski definition) is 3. The monoisotopic (exact) mass is 282 g/mol. The Kier molecular flexibility index (Phi) is 6.61.